The fourth-order valence-electron chi connectivity index (χ4n) is 9.93. The fourth-order valence-corrected chi connectivity index (χ4v) is 9.93. The van der Waals surface area contributed by atoms with Gasteiger partial charge in [0.15, 0.2) is 0 Å². The molecule has 7 heteroatoms. The summed E-state index contributed by atoms with van der Waals surface area (Å²) in [4.78, 5) is 0. The van der Waals surface area contributed by atoms with Gasteiger partial charge in [-0.2, -0.15) is 0 Å². The Morgan fingerprint density at radius 2 is 0.918 bits per heavy atom. The Labute approximate surface area is 278 Å². The molecule has 0 aliphatic carbocycles. The van der Waals surface area contributed by atoms with Crippen LogP contribution in [0.15, 0.2) is 124 Å². The molecule has 0 N–H and O–H groups in total. The Morgan fingerprint density at radius 1 is 0.429 bits per heavy atom. The molecular weight excluding hydrogens is 604 g/mol. The predicted octanol–water partition coefficient (Wildman–Crippen LogP) is 6.45. The number of hydrogen-bond donors (Lipinski definition) is 0. The summed E-state index contributed by atoms with van der Waals surface area (Å²) < 4.78 is 29.5. The maximum absolute atomic E-state index is 7.14. The Kier molecular flexibility index (Phi) is 3.75. The van der Waals surface area contributed by atoms with Crippen molar-refractivity contribution in [3.05, 3.63) is 115 Å². The maximum atomic E-state index is 7.14. The minimum atomic E-state index is -0.0125. The Morgan fingerprint density at radius 3 is 1.45 bits per heavy atom. The summed E-state index contributed by atoms with van der Waals surface area (Å²) in [5.41, 5.74) is 14.5. The highest BCUT2D eigenvalue weighted by Crippen LogP contribution is 2.46. The minimum absolute atomic E-state index is 0.0125. The number of nitrogens with zero attached hydrogens (tertiary/aromatic N) is 1. The van der Waals surface area contributed by atoms with Crippen molar-refractivity contribution in [1.82, 2.24) is 4.57 Å². The third-order valence-electron chi connectivity index (χ3n) is 11.7. The van der Waals surface area contributed by atoms with Crippen molar-refractivity contribution in [2.45, 2.75) is 0 Å². The van der Waals surface area contributed by atoms with Crippen LogP contribution in [0.2, 0.25) is 0 Å². The molecule has 0 atom stereocenters. The van der Waals surface area contributed by atoms with E-state index in [-0.39, 0.29) is 13.4 Å². The zero-order valence-electron chi connectivity index (χ0n) is 25.7. The molecular formula is C42H19B2NO4. The summed E-state index contributed by atoms with van der Waals surface area (Å²) in [7, 11) is 0. The van der Waals surface area contributed by atoms with Gasteiger partial charge >= 0.3 is 0 Å². The number of fused-ring (bicyclic) bond motifs is 15. The van der Waals surface area contributed by atoms with E-state index in [1.54, 1.807) is 0 Å². The molecule has 4 aliphatic rings. The molecule has 4 aliphatic heterocycles. The largest absolute Gasteiger partial charge is 0.457 e. The zero-order valence-corrected chi connectivity index (χ0v) is 25.7. The van der Waals surface area contributed by atoms with Crippen LogP contribution >= 0.6 is 0 Å². The molecule has 3 aromatic heterocycles. The van der Waals surface area contributed by atoms with Gasteiger partial charge in [0, 0.05) is 44.3 Å². The Hall–Kier alpha value is -6.33. The number of aromatic nitrogens is 1. The first-order valence-corrected chi connectivity index (χ1v) is 16.8. The van der Waals surface area contributed by atoms with Crippen molar-refractivity contribution in [3.63, 3.8) is 0 Å². The van der Waals surface area contributed by atoms with Gasteiger partial charge in [0.05, 0.1) is 10.8 Å². The minimum Gasteiger partial charge on any atom is -0.457 e. The molecule has 222 valence electrons. The lowest BCUT2D eigenvalue weighted by atomic mass is 9.30. The molecule has 0 radical (unpaired) electrons. The SMILES string of the molecule is c1ccc2c(c1)oc1ccc3c(c12)Oc1cc2c4c5c1B3c1cccc3c6cccc(c6n-5c13)B4c1ccc3oc4ccccc4c3c1O2. The molecule has 49 heavy (non-hydrogen) atoms. The Balaban J connectivity index is 1.18. The van der Waals surface area contributed by atoms with E-state index in [0.717, 1.165) is 77.8 Å². The Bertz CT molecular complexity index is 3050. The predicted molar refractivity (Wildman–Crippen MR) is 198 cm³/mol. The van der Waals surface area contributed by atoms with Crippen molar-refractivity contribution < 1.29 is 18.3 Å². The number of ether oxygens (including phenoxy) is 2. The topological polar surface area (TPSA) is 49.7 Å². The normalized spacial score (nSPS) is 14.4. The van der Waals surface area contributed by atoms with Gasteiger partial charge in [0.2, 0.25) is 0 Å². The second kappa shape index (κ2) is 7.69. The van der Waals surface area contributed by atoms with E-state index in [1.165, 1.54) is 49.3 Å². The molecule has 0 bridgehead atoms. The van der Waals surface area contributed by atoms with E-state index in [2.05, 4.69) is 95.6 Å². The van der Waals surface area contributed by atoms with Crippen molar-refractivity contribution >= 4 is 112 Å². The van der Waals surface area contributed by atoms with Crippen molar-refractivity contribution in [1.29, 1.82) is 0 Å². The van der Waals surface area contributed by atoms with Crippen LogP contribution in [-0.4, -0.2) is 18.0 Å². The smallest absolute Gasteiger partial charge is 0.256 e. The lowest BCUT2D eigenvalue weighted by molar-refractivity contribution is 0.470. The van der Waals surface area contributed by atoms with Crippen molar-refractivity contribution in [3.8, 4) is 28.7 Å². The van der Waals surface area contributed by atoms with Crippen LogP contribution in [-0.2, 0) is 0 Å². The molecule has 5 nitrogen and oxygen atoms in total. The second-order valence-corrected chi connectivity index (χ2v) is 13.9. The van der Waals surface area contributed by atoms with Crippen LogP contribution in [0.1, 0.15) is 0 Å². The van der Waals surface area contributed by atoms with Gasteiger partial charge in [-0.25, -0.2) is 0 Å². The number of para-hydroxylation sites is 4. The zero-order chi connectivity index (χ0) is 31.3. The molecule has 10 aromatic rings. The van der Waals surface area contributed by atoms with Gasteiger partial charge < -0.3 is 22.9 Å². The van der Waals surface area contributed by atoms with Gasteiger partial charge in [-0.15, -0.1) is 0 Å². The molecule has 0 amide bonds. The average molecular weight is 623 g/mol. The van der Waals surface area contributed by atoms with Gasteiger partial charge in [-0.1, -0.05) is 84.9 Å². The van der Waals surface area contributed by atoms with Crippen LogP contribution in [0.5, 0.6) is 23.0 Å². The molecule has 0 saturated carbocycles. The number of rotatable bonds is 0. The van der Waals surface area contributed by atoms with E-state index in [0.29, 0.717) is 0 Å². The summed E-state index contributed by atoms with van der Waals surface area (Å²) in [5, 5.41) is 6.70. The molecule has 0 saturated heterocycles. The third-order valence-corrected chi connectivity index (χ3v) is 11.7. The molecule has 14 rings (SSSR count). The van der Waals surface area contributed by atoms with Crippen LogP contribution in [0.4, 0.5) is 0 Å². The highest BCUT2D eigenvalue weighted by molar-refractivity contribution is 7.03. The van der Waals surface area contributed by atoms with E-state index in [4.69, 9.17) is 18.3 Å². The average Bonchev–Trinajstić information content (AvgIpc) is 3.83. The first kappa shape index (κ1) is 23.9. The summed E-state index contributed by atoms with van der Waals surface area (Å²) >= 11 is 0. The van der Waals surface area contributed by atoms with Gasteiger partial charge in [0.25, 0.3) is 13.4 Å². The molecule has 0 fully saturated rings. The van der Waals surface area contributed by atoms with Gasteiger partial charge in [0.1, 0.15) is 45.3 Å². The number of benzene rings is 7. The maximum Gasteiger partial charge on any atom is 0.256 e. The highest BCUT2D eigenvalue weighted by atomic mass is 16.5. The van der Waals surface area contributed by atoms with Gasteiger partial charge in [-0.05, 0) is 57.0 Å². The molecule has 0 spiro atoms. The molecule has 0 unspecified atom stereocenters. The molecule has 7 heterocycles. The van der Waals surface area contributed by atoms with Crippen LogP contribution in [0.3, 0.4) is 0 Å². The first-order chi connectivity index (χ1) is 24.3. The summed E-state index contributed by atoms with van der Waals surface area (Å²) in [6.45, 7) is -0.0250. The highest BCUT2D eigenvalue weighted by Gasteiger charge is 2.49. The van der Waals surface area contributed by atoms with Crippen LogP contribution in [0, 0.1) is 0 Å². The van der Waals surface area contributed by atoms with Gasteiger partial charge in [-0.3, -0.25) is 0 Å². The van der Waals surface area contributed by atoms with Crippen LogP contribution in [0.25, 0.3) is 71.4 Å². The summed E-state index contributed by atoms with van der Waals surface area (Å²) in [5.74, 6) is 3.39. The van der Waals surface area contributed by atoms with Crippen LogP contribution < -0.4 is 42.3 Å². The van der Waals surface area contributed by atoms with E-state index < -0.39 is 0 Å². The van der Waals surface area contributed by atoms with E-state index in [9.17, 15) is 0 Å². The van der Waals surface area contributed by atoms with E-state index >= 15 is 0 Å². The first-order valence-electron chi connectivity index (χ1n) is 16.8. The third kappa shape index (κ3) is 2.51. The number of furan rings is 2. The lowest BCUT2D eigenvalue weighted by Gasteiger charge is -2.40. The quantitative estimate of drug-likeness (QED) is 0.182. The second-order valence-electron chi connectivity index (χ2n) is 13.9. The summed E-state index contributed by atoms with van der Waals surface area (Å²) in [6, 6.07) is 41.0. The number of hydrogen-bond acceptors (Lipinski definition) is 4. The standard InChI is InChI=1S/C42H19B2NO4/c1-3-13-28-22(7-1)34-30(46-28)17-15-26-41(34)48-32-19-33-37-40-36(32)43(26)24-11-5-9-20-21-10-6-12-25(39(21)45(40)38(20)24)44(37)27-16-18-31-35(42(27)49-33)23-8-2-4-14-29(23)47-31/h1-19H. The lowest BCUT2D eigenvalue weighted by Crippen LogP contribution is -2.65. The van der Waals surface area contributed by atoms with Crippen molar-refractivity contribution in [2.24, 2.45) is 0 Å². The monoisotopic (exact) mass is 623 g/mol. The van der Waals surface area contributed by atoms with Crippen molar-refractivity contribution in [2.75, 3.05) is 0 Å². The summed E-state index contributed by atoms with van der Waals surface area (Å²) in [6.07, 6.45) is 0. The fraction of sp³-hybridized carbons (Fsp3) is 0. The molecule has 7 aromatic carbocycles. The van der Waals surface area contributed by atoms with E-state index in [1.807, 2.05) is 24.3 Å².